The van der Waals surface area contributed by atoms with Gasteiger partial charge in [0.05, 0.1) is 30.8 Å². The summed E-state index contributed by atoms with van der Waals surface area (Å²) in [7, 11) is -2.20. The second-order valence-electron chi connectivity index (χ2n) is 7.58. The first-order chi connectivity index (χ1) is 15.0. The van der Waals surface area contributed by atoms with Crippen LogP contribution in [0.5, 0.6) is 5.75 Å². The van der Waals surface area contributed by atoms with Gasteiger partial charge in [-0.2, -0.15) is 15.6 Å². The Balaban J connectivity index is 1.49. The van der Waals surface area contributed by atoms with Gasteiger partial charge in [-0.1, -0.05) is 0 Å². The standard InChI is InChI=1S/C21H27N3O5S2/c1-28-20-3-2-18(31(26,27)24-9-11-29-12-10-24)14-19(20)21(25)23-7-5-22(6-8-23)15-17-4-13-30-16-17/h2-4,13-14,16H,5-12,15H2,1H3. The molecule has 0 atom stereocenters. The van der Waals surface area contributed by atoms with Crippen LogP contribution in [0.1, 0.15) is 15.9 Å². The number of carbonyl (C=O) groups is 1. The number of nitrogens with zero attached hydrogens (tertiary/aromatic N) is 3. The van der Waals surface area contributed by atoms with Crippen molar-refractivity contribution in [1.29, 1.82) is 0 Å². The number of methoxy groups -OCH3 is 1. The molecule has 2 saturated heterocycles. The van der Waals surface area contributed by atoms with Gasteiger partial charge in [0.15, 0.2) is 0 Å². The van der Waals surface area contributed by atoms with Crippen LogP contribution in [-0.2, 0) is 21.3 Å². The van der Waals surface area contributed by atoms with Gasteiger partial charge in [0.25, 0.3) is 5.91 Å². The maximum atomic E-state index is 13.3. The summed E-state index contributed by atoms with van der Waals surface area (Å²) >= 11 is 1.68. The van der Waals surface area contributed by atoms with Crippen molar-refractivity contribution in [2.45, 2.75) is 11.4 Å². The van der Waals surface area contributed by atoms with Crippen molar-refractivity contribution in [3.8, 4) is 5.75 Å². The normalized spacial score (nSPS) is 18.8. The second-order valence-corrected chi connectivity index (χ2v) is 10.3. The maximum Gasteiger partial charge on any atom is 0.257 e. The zero-order chi connectivity index (χ0) is 21.8. The average Bonchev–Trinajstić information content (AvgIpc) is 3.32. The number of amides is 1. The van der Waals surface area contributed by atoms with E-state index in [2.05, 4.69) is 21.7 Å². The molecule has 1 amide bonds. The van der Waals surface area contributed by atoms with Crippen LogP contribution in [0.25, 0.3) is 0 Å². The minimum Gasteiger partial charge on any atom is -0.496 e. The van der Waals surface area contributed by atoms with Crippen LogP contribution < -0.4 is 4.74 Å². The molecule has 2 aliphatic heterocycles. The first-order valence-electron chi connectivity index (χ1n) is 10.3. The third-order valence-corrected chi connectivity index (χ3v) is 8.28. The van der Waals surface area contributed by atoms with E-state index in [9.17, 15) is 13.2 Å². The lowest BCUT2D eigenvalue weighted by Gasteiger charge is -2.35. The van der Waals surface area contributed by atoms with Crippen LogP contribution in [0.15, 0.2) is 39.9 Å². The molecule has 2 aromatic rings. The number of morpholine rings is 1. The molecular formula is C21H27N3O5S2. The van der Waals surface area contributed by atoms with E-state index in [4.69, 9.17) is 9.47 Å². The van der Waals surface area contributed by atoms with Gasteiger partial charge in [0.2, 0.25) is 10.0 Å². The summed E-state index contributed by atoms with van der Waals surface area (Å²) < 4.78 is 38.1. The molecule has 1 aromatic carbocycles. The Hall–Kier alpha value is -1.98. The molecule has 0 bridgehead atoms. The van der Waals surface area contributed by atoms with Crippen molar-refractivity contribution in [3.05, 3.63) is 46.2 Å². The van der Waals surface area contributed by atoms with E-state index >= 15 is 0 Å². The van der Waals surface area contributed by atoms with Gasteiger partial charge in [-0.25, -0.2) is 8.42 Å². The first-order valence-corrected chi connectivity index (χ1v) is 12.7. The highest BCUT2D eigenvalue weighted by Gasteiger charge is 2.30. The lowest BCUT2D eigenvalue weighted by Crippen LogP contribution is -2.48. The topological polar surface area (TPSA) is 79.4 Å². The predicted molar refractivity (Wildman–Crippen MR) is 118 cm³/mol. The van der Waals surface area contributed by atoms with Crippen molar-refractivity contribution in [3.63, 3.8) is 0 Å². The Morgan fingerprint density at radius 1 is 1.10 bits per heavy atom. The van der Waals surface area contributed by atoms with E-state index in [1.54, 1.807) is 22.3 Å². The van der Waals surface area contributed by atoms with Crippen LogP contribution >= 0.6 is 11.3 Å². The third kappa shape index (κ3) is 4.93. The minimum atomic E-state index is -3.69. The maximum absolute atomic E-state index is 13.3. The smallest absolute Gasteiger partial charge is 0.257 e. The van der Waals surface area contributed by atoms with Gasteiger partial charge in [-0.15, -0.1) is 0 Å². The Kier molecular flexibility index (Phi) is 6.92. The van der Waals surface area contributed by atoms with Gasteiger partial charge in [0, 0.05) is 45.8 Å². The monoisotopic (exact) mass is 465 g/mol. The summed E-state index contributed by atoms with van der Waals surface area (Å²) in [6.45, 7) is 4.97. The number of ether oxygens (including phenoxy) is 2. The summed E-state index contributed by atoms with van der Waals surface area (Å²) in [6.07, 6.45) is 0. The van der Waals surface area contributed by atoms with Gasteiger partial charge >= 0.3 is 0 Å². The Morgan fingerprint density at radius 2 is 1.84 bits per heavy atom. The molecule has 0 aliphatic carbocycles. The molecule has 1 aromatic heterocycles. The van der Waals surface area contributed by atoms with Crippen molar-refractivity contribution >= 4 is 27.3 Å². The van der Waals surface area contributed by atoms with E-state index in [0.29, 0.717) is 45.1 Å². The number of thiophene rings is 1. The molecule has 2 fully saturated rings. The lowest BCUT2D eigenvalue weighted by atomic mass is 10.1. The number of carbonyl (C=O) groups excluding carboxylic acids is 1. The van der Waals surface area contributed by atoms with Crippen LogP contribution in [0.3, 0.4) is 0 Å². The zero-order valence-corrected chi connectivity index (χ0v) is 19.2. The molecule has 4 rings (SSSR count). The summed E-state index contributed by atoms with van der Waals surface area (Å²) in [5.74, 6) is 0.178. The molecule has 0 unspecified atom stereocenters. The fraction of sp³-hybridized carbons (Fsp3) is 0.476. The number of piperazine rings is 1. The zero-order valence-electron chi connectivity index (χ0n) is 17.5. The molecule has 168 valence electrons. The van der Waals surface area contributed by atoms with E-state index < -0.39 is 10.0 Å². The van der Waals surface area contributed by atoms with Crippen molar-refractivity contribution in [2.24, 2.45) is 0 Å². The first kappa shape index (κ1) is 22.2. The lowest BCUT2D eigenvalue weighted by molar-refractivity contribution is 0.0625. The van der Waals surface area contributed by atoms with E-state index in [1.165, 1.54) is 29.1 Å². The third-order valence-electron chi connectivity index (χ3n) is 5.65. The highest BCUT2D eigenvalue weighted by Crippen LogP contribution is 2.27. The minimum absolute atomic E-state index is 0.106. The quantitative estimate of drug-likeness (QED) is 0.647. The number of hydrogen-bond donors (Lipinski definition) is 0. The Labute approximate surface area is 187 Å². The number of hydrogen-bond acceptors (Lipinski definition) is 7. The molecule has 10 heteroatoms. The van der Waals surface area contributed by atoms with Gasteiger partial charge in [0.1, 0.15) is 5.75 Å². The van der Waals surface area contributed by atoms with Crippen LogP contribution in [0.2, 0.25) is 0 Å². The fourth-order valence-corrected chi connectivity index (χ4v) is 5.97. The van der Waals surface area contributed by atoms with Gasteiger partial charge in [-0.3, -0.25) is 9.69 Å². The van der Waals surface area contributed by atoms with Crippen molar-refractivity contribution in [1.82, 2.24) is 14.1 Å². The predicted octanol–water partition coefficient (Wildman–Crippen LogP) is 1.74. The van der Waals surface area contributed by atoms with Crippen molar-refractivity contribution < 1.29 is 22.7 Å². The molecular weight excluding hydrogens is 438 g/mol. The average molecular weight is 466 g/mol. The SMILES string of the molecule is COc1ccc(S(=O)(=O)N2CCOCC2)cc1C(=O)N1CCN(Cc2ccsc2)CC1. The highest BCUT2D eigenvalue weighted by molar-refractivity contribution is 7.89. The van der Waals surface area contributed by atoms with Gasteiger partial charge in [-0.05, 0) is 40.6 Å². The summed E-state index contributed by atoms with van der Waals surface area (Å²) in [5, 5.41) is 4.21. The van der Waals surface area contributed by atoms with Gasteiger partial charge < -0.3 is 14.4 Å². The molecule has 2 aliphatic rings. The summed E-state index contributed by atoms with van der Waals surface area (Å²) in [5.41, 5.74) is 1.57. The molecule has 0 N–H and O–H groups in total. The Bertz CT molecular complexity index is 996. The van der Waals surface area contributed by atoms with Crippen molar-refractivity contribution in [2.75, 3.05) is 59.6 Å². The highest BCUT2D eigenvalue weighted by atomic mass is 32.2. The summed E-state index contributed by atoms with van der Waals surface area (Å²) in [6, 6.07) is 6.63. The molecule has 0 spiro atoms. The van der Waals surface area contributed by atoms with Crippen LogP contribution in [0.4, 0.5) is 0 Å². The molecule has 3 heterocycles. The number of rotatable bonds is 6. The fourth-order valence-electron chi connectivity index (χ4n) is 3.87. The van der Waals surface area contributed by atoms with Crippen LogP contribution in [-0.4, -0.2) is 88.0 Å². The largest absolute Gasteiger partial charge is 0.496 e. The van der Waals surface area contributed by atoms with E-state index in [-0.39, 0.29) is 16.4 Å². The molecule has 0 saturated carbocycles. The Morgan fingerprint density at radius 3 is 2.48 bits per heavy atom. The van der Waals surface area contributed by atoms with E-state index in [0.717, 1.165) is 19.6 Å². The molecule has 8 nitrogen and oxygen atoms in total. The van der Waals surface area contributed by atoms with Crippen LogP contribution in [0, 0.1) is 0 Å². The molecule has 0 radical (unpaired) electrons. The second kappa shape index (κ2) is 9.66. The number of benzene rings is 1. The summed E-state index contributed by atoms with van der Waals surface area (Å²) in [4.78, 5) is 17.5. The van der Waals surface area contributed by atoms with E-state index in [1.807, 2.05) is 0 Å². The molecule has 31 heavy (non-hydrogen) atoms. The number of sulfonamides is 1.